The molecule has 0 saturated carbocycles. The molecule has 3 nitrogen and oxygen atoms in total. The Morgan fingerprint density at radius 1 is 1.70 bits per heavy atom. The van der Waals surface area contributed by atoms with E-state index in [9.17, 15) is 0 Å². The molecule has 0 fully saturated rings. The molecule has 0 heterocycles. The first-order chi connectivity index (χ1) is 4.81. The summed E-state index contributed by atoms with van der Waals surface area (Å²) in [6.07, 6.45) is 0. The van der Waals surface area contributed by atoms with E-state index in [2.05, 4.69) is 5.32 Å². The molecule has 0 bridgehead atoms. The van der Waals surface area contributed by atoms with Gasteiger partial charge in [-0.05, 0) is 13.8 Å². The molecule has 1 unspecified atom stereocenters. The summed E-state index contributed by atoms with van der Waals surface area (Å²) in [5.41, 5.74) is 0. The molecule has 0 rings (SSSR count). The predicted molar refractivity (Wildman–Crippen MR) is 39.6 cm³/mol. The van der Waals surface area contributed by atoms with Crippen LogP contribution < -0.4 is 5.32 Å². The van der Waals surface area contributed by atoms with Crippen molar-refractivity contribution >= 4 is 0 Å². The first-order valence-electron chi connectivity index (χ1n) is 3.49. The van der Waals surface area contributed by atoms with Crippen LogP contribution in [0.5, 0.6) is 0 Å². The quantitative estimate of drug-likeness (QED) is 0.569. The first kappa shape index (κ1) is 9.41. The molecule has 3 heteroatoms. The van der Waals surface area contributed by atoms with Gasteiger partial charge in [0.05, 0.1) is 19.2 Å². The third-order valence-electron chi connectivity index (χ3n) is 1.10. The fourth-order valence-corrected chi connectivity index (χ4v) is 0.573. The zero-order chi connectivity index (χ0) is 7.82. The average molecular weight is 142 g/mol. The second-order valence-electron chi connectivity index (χ2n) is 2.10. The van der Waals surface area contributed by atoms with Crippen LogP contribution in [0.1, 0.15) is 13.8 Å². The molecular formula is C7H14N2O. The molecule has 1 atom stereocenters. The van der Waals surface area contributed by atoms with Crippen molar-refractivity contribution in [3.8, 4) is 6.07 Å². The molecule has 0 aromatic heterocycles. The van der Waals surface area contributed by atoms with Crippen molar-refractivity contribution in [2.45, 2.75) is 19.9 Å². The van der Waals surface area contributed by atoms with Crippen LogP contribution in [0.4, 0.5) is 0 Å². The zero-order valence-electron chi connectivity index (χ0n) is 6.55. The molecule has 0 aromatic carbocycles. The normalized spacial score (nSPS) is 12.5. The van der Waals surface area contributed by atoms with E-state index in [1.165, 1.54) is 0 Å². The van der Waals surface area contributed by atoms with Crippen LogP contribution in [-0.4, -0.2) is 25.8 Å². The maximum Gasteiger partial charge on any atom is 0.0843 e. The Hall–Kier alpha value is -0.590. The maximum absolute atomic E-state index is 8.19. The van der Waals surface area contributed by atoms with Crippen LogP contribution in [0.2, 0.25) is 0 Å². The van der Waals surface area contributed by atoms with Gasteiger partial charge in [-0.3, -0.25) is 5.32 Å². The smallest absolute Gasteiger partial charge is 0.0843 e. The summed E-state index contributed by atoms with van der Waals surface area (Å²) in [4.78, 5) is 0. The van der Waals surface area contributed by atoms with E-state index >= 15 is 0 Å². The highest BCUT2D eigenvalue weighted by atomic mass is 16.5. The van der Waals surface area contributed by atoms with Crippen molar-refractivity contribution in [2.75, 3.05) is 19.8 Å². The lowest BCUT2D eigenvalue weighted by Crippen LogP contribution is -2.30. The van der Waals surface area contributed by atoms with Crippen LogP contribution >= 0.6 is 0 Å². The fourth-order valence-electron chi connectivity index (χ4n) is 0.573. The molecule has 10 heavy (non-hydrogen) atoms. The molecule has 0 aliphatic heterocycles. The van der Waals surface area contributed by atoms with Gasteiger partial charge in [0, 0.05) is 12.6 Å². The number of ether oxygens (including phenoxy) is 1. The van der Waals surface area contributed by atoms with Gasteiger partial charge in [0.1, 0.15) is 0 Å². The SMILES string of the molecule is CCOCC(C)NCC#N. The van der Waals surface area contributed by atoms with Gasteiger partial charge in [-0.15, -0.1) is 0 Å². The standard InChI is InChI=1S/C7H14N2O/c1-3-10-6-7(2)9-5-4-8/h7,9H,3,5-6H2,1-2H3. The summed E-state index contributed by atoms with van der Waals surface area (Å²) in [7, 11) is 0. The highest BCUT2D eigenvalue weighted by molar-refractivity contribution is 4.75. The lowest BCUT2D eigenvalue weighted by Gasteiger charge is -2.09. The number of nitrogens with one attached hydrogen (secondary N) is 1. The third kappa shape index (κ3) is 5.54. The Kier molecular flexibility index (Phi) is 6.14. The Morgan fingerprint density at radius 3 is 2.90 bits per heavy atom. The zero-order valence-corrected chi connectivity index (χ0v) is 6.55. The topological polar surface area (TPSA) is 45.0 Å². The summed E-state index contributed by atoms with van der Waals surface area (Å²) in [6.45, 7) is 5.76. The Balaban J connectivity index is 3.10. The van der Waals surface area contributed by atoms with Gasteiger partial charge < -0.3 is 4.74 Å². The molecule has 58 valence electrons. The summed E-state index contributed by atoms with van der Waals surface area (Å²) < 4.78 is 5.12. The van der Waals surface area contributed by atoms with Gasteiger partial charge in [-0.1, -0.05) is 0 Å². The van der Waals surface area contributed by atoms with Crippen molar-refractivity contribution in [2.24, 2.45) is 0 Å². The molecule has 0 saturated heterocycles. The fraction of sp³-hybridized carbons (Fsp3) is 0.857. The summed E-state index contributed by atoms with van der Waals surface area (Å²) in [5, 5.41) is 11.2. The Labute approximate surface area is 62.0 Å². The largest absolute Gasteiger partial charge is 0.380 e. The van der Waals surface area contributed by atoms with Gasteiger partial charge in [0.15, 0.2) is 0 Å². The second-order valence-corrected chi connectivity index (χ2v) is 2.10. The molecule has 0 amide bonds. The van der Waals surface area contributed by atoms with Crippen LogP contribution in [0.25, 0.3) is 0 Å². The minimum atomic E-state index is 0.277. The van der Waals surface area contributed by atoms with Crippen molar-refractivity contribution in [1.29, 1.82) is 5.26 Å². The van der Waals surface area contributed by atoms with Crippen molar-refractivity contribution in [3.05, 3.63) is 0 Å². The van der Waals surface area contributed by atoms with E-state index in [-0.39, 0.29) is 6.04 Å². The van der Waals surface area contributed by atoms with Crippen LogP contribution in [0.3, 0.4) is 0 Å². The lowest BCUT2D eigenvalue weighted by atomic mass is 10.3. The molecule has 1 N–H and O–H groups in total. The number of nitrogens with zero attached hydrogens (tertiary/aromatic N) is 1. The minimum absolute atomic E-state index is 0.277. The first-order valence-corrected chi connectivity index (χ1v) is 3.49. The van der Waals surface area contributed by atoms with Crippen LogP contribution in [-0.2, 0) is 4.74 Å². The second kappa shape index (κ2) is 6.53. The van der Waals surface area contributed by atoms with E-state index < -0.39 is 0 Å². The minimum Gasteiger partial charge on any atom is -0.380 e. The van der Waals surface area contributed by atoms with Gasteiger partial charge in [0.25, 0.3) is 0 Å². The van der Waals surface area contributed by atoms with Crippen LogP contribution in [0.15, 0.2) is 0 Å². The van der Waals surface area contributed by atoms with E-state index in [1.807, 2.05) is 19.9 Å². The summed E-state index contributed by atoms with van der Waals surface area (Å²) in [6, 6.07) is 2.29. The van der Waals surface area contributed by atoms with Crippen LogP contribution in [0, 0.1) is 11.3 Å². The number of hydrogen-bond donors (Lipinski definition) is 1. The molecule has 0 spiro atoms. The third-order valence-corrected chi connectivity index (χ3v) is 1.10. The average Bonchev–Trinajstić information content (AvgIpc) is 1.97. The molecular weight excluding hydrogens is 128 g/mol. The predicted octanol–water partition coefficient (Wildman–Crippen LogP) is 0.525. The number of rotatable bonds is 5. The molecule has 0 aromatic rings. The summed E-state index contributed by atoms with van der Waals surface area (Å²) >= 11 is 0. The highest BCUT2D eigenvalue weighted by Crippen LogP contribution is 1.82. The Morgan fingerprint density at radius 2 is 2.40 bits per heavy atom. The van der Waals surface area contributed by atoms with Gasteiger partial charge in [0.2, 0.25) is 0 Å². The van der Waals surface area contributed by atoms with Gasteiger partial charge in [-0.25, -0.2) is 0 Å². The van der Waals surface area contributed by atoms with E-state index in [1.54, 1.807) is 0 Å². The van der Waals surface area contributed by atoms with E-state index in [0.717, 1.165) is 6.61 Å². The number of hydrogen-bond acceptors (Lipinski definition) is 3. The number of nitriles is 1. The van der Waals surface area contributed by atoms with Gasteiger partial charge >= 0.3 is 0 Å². The lowest BCUT2D eigenvalue weighted by molar-refractivity contribution is 0.128. The Bertz CT molecular complexity index is 109. The summed E-state index contributed by atoms with van der Waals surface area (Å²) in [5.74, 6) is 0. The van der Waals surface area contributed by atoms with Crippen molar-refractivity contribution in [3.63, 3.8) is 0 Å². The maximum atomic E-state index is 8.19. The van der Waals surface area contributed by atoms with E-state index in [0.29, 0.717) is 13.2 Å². The monoisotopic (exact) mass is 142 g/mol. The highest BCUT2D eigenvalue weighted by Gasteiger charge is 1.97. The van der Waals surface area contributed by atoms with Gasteiger partial charge in [-0.2, -0.15) is 5.26 Å². The van der Waals surface area contributed by atoms with Crippen molar-refractivity contribution < 1.29 is 4.74 Å². The van der Waals surface area contributed by atoms with E-state index in [4.69, 9.17) is 10.00 Å². The molecule has 0 aliphatic rings. The molecule has 0 radical (unpaired) electrons. The molecule has 0 aliphatic carbocycles. The van der Waals surface area contributed by atoms with Crippen molar-refractivity contribution in [1.82, 2.24) is 5.32 Å².